The average molecular weight is 244 g/mol. The van der Waals surface area contributed by atoms with Gasteiger partial charge in [0.2, 0.25) is 5.91 Å². The van der Waals surface area contributed by atoms with E-state index in [4.69, 9.17) is 9.84 Å². The van der Waals surface area contributed by atoms with E-state index in [1.165, 1.54) is 0 Å². The van der Waals surface area contributed by atoms with Crippen LogP contribution in [0.1, 0.15) is 25.7 Å². The van der Waals surface area contributed by atoms with Crippen molar-refractivity contribution in [1.82, 2.24) is 10.6 Å². The quantitative estimate of drug-likeness (QED) is 0.521. The monoisotopic (exact) mass is 244 g/mol. The lowest BCUT2D eigenvalue weighted by atomic mass is 9.94. The van der Waals surface area contributed by atoms with E-state index in [0.29, 0.717) is 32.1 Å². The summed E-state index contributed by atoms with van der Waals surface area (Å²) in [7, 11) is 0. The predicted octanol–water partition coefficient (Wildman–Crippen LogP) is -0.109. The van der Waals surface area contributed by atoms with Gasteiger partial charge in [0.25, 0.3) is 0 Å². The van der Waals surface area contributed by atoms with Gasteiger partial charge in [-0.1, -0.05) is 0 Å². The van der Waals surface area contributed by atoms with Crippen LogP contribution in [-0.4, -0.2) is 50.5 Å². The summed E-state index contributed by atoms with van der Waals surface area (Å²) in [4.78, 5) is 11.6. The lowest BCUT2D eigenvalue weighted by molar-refractivity contribution is -0.122. The first-order chi connectivity index (χ1) is 8.33. The number of aliphatic hydroxyl groups excluding tert-OH is 1. The minimum absolute atomic E-state index is 0.0576. The molecule has 0 aromatic carbocycles. The van der Waals surface area contributed by atoms with Crippen molar-refractivity contribution in [2.45, 2.75) is 25.7 Å². The van der Waals surface area contributed by atoms with E-state index in [-0.39, 0.29) is 12.5 Å². The van der Waals surface area contributed by atoms with Crippen LogP contribution in [0.5, 0.6) is 0 Å². The number of carbonyl (C=O) groups is 1. The molecular formula is C12H24N2O3. The summed E-state index contributed by atoms with van der Waals surface area (Å²) < 4.78 is 5.11. The van der Waals surface area contributed by atoms with Crippen LogP contribution < -0.4 is 10.6 Å². The van der Waals surface area contributed by atoms with Gasteiger partial charge in [-0.3, -0.25) is 4.79 Å². The van der Waals surface area contributed by atoms with E-state index in [0.717, 1.165) is 32.4 Å². The zero-order chi connectivity index (χ0) is 12.3. The number of ether oxygens (including phenoxy) is 1. The van der Waals surface area contributed by atoms with Gasteiger partial charge < -0.3 is 20.5 Å². The van der Waals surface area contributed by atoms with Crippen LogP contribution in [0, 0.1) is 5.92 Å². The molecule has 1 aliphatic rings. The molecule has 0 aromatic rings. The standard InChI is InChI=1S/C12H24N2O3/c15-7-9-17-8-1-4-14-12(16)10-11-2-5-13-6-3-11/h11,13,15H,1-10H2,(H,14,16). The van der Waals surface area contributed by atoms with Gasteiger partial charge >= 0.3 is 0 Å². The van der Waals surface area contributed by atoms with Crippen LogP contribution >= 0.6 is 0 Å². The fraction of sp³-hybridized carbons (Fsp3) is 0.917. The number of hydrogen-bond donors (Lipinski definition) is 3. The summed E-state index contributed by atoms with van der Waals surface area (Å²) in [5.74, 6) is 0.695. The highest BCUT2D eigenvalue weighted by atomic mass is 16.5. The summed E-state index contributed by atoms with van der Waals surface area (Å²) in [5, 5.41) is 14.7. The maximum absolute atomic E-state index is 11.6. The molecule has 17 heavy (non-hydrogen) atoms. The van der Waals surface area contributed by atoms with Gasteiger partial charge in [0.15, 0.2) is 0 Å². The fourth-order valence-corrected chi connectivity index (χ4v) is 1.99. The summed E-state index contributed by atoms with van der Waals surface area (Å²) in [5.41, 5.74) is 0. The third-order valence-corrected chi connectivity index (χ3v) is 2.96. The van der Waals surface area contributed by atoms with E-state index < -0.39 is 0 Å². The third kappa shape index (κ3) is 7.31. The Morgan fingerprint density at radius 3 is 2.82 bits per heavy atom. The maximum atomic E-state index is 11.6. The second-order valence-electron chi connectivity index (χ2n) is 4.44. The molecular weight excluding hydrogens is 220 g/mol. The van der Waals surface area contributed by atoms with Crippen molar-refractivity contribution in [3.8, 4) is 0 Å². The Morgan fingerprint density at radius 2 is 2.12 bits per heavy atom. The van der Waals surface area contributed by atoms with Gasteiger partial charge in [-0.15, -0.1) is 0 Å². The van der Waals surface area contributed by atoms with Crippen LogP contribution in [-0.2, 0) is 9.53 Å². The molecule has 0 aliphatic carbocycles. The van der Waals surface area contributed by atoms with Gasteiger partial charge in [-0.05, 0) is 38.3 Å². The summed E-state index contributed by atoms with van der Waals surface area (Å²) >= 11 is 0. The topological polar surface area (TPSA) is 70.6 Å². The van der Waals surface area contributed by atoms with Gasteiger partial charge in [0.1, 0.15) is 0 Å². The molecule has 3 N–H and O–H groups in total. The lowest BCUT2D eigenvalue weighted by Crippen LogP contribution is -2.32. The van der Waals surface area contributed by atoms with E-state index in [1.807, 2.05) is 0 Å². The number of carbonyl (C=O) groups excluding carboxylic acids is 1. The Bertz CT molecular complexity index is 206. The molecule has 1 heterocycles. The number of nitrogens with one attached hydrogen (secondary N) is 2. The molecule has 1 rings (SSSR count). The Morgan fingerprint density at radius 1 is 1.35 bits per heavy atom. The van der Waals surface area contributed by atoms with Crippen molar-refractivity contribution in [1.29, 1.82) is 0 Å². The average Bonchev–Trinajstić information content (AvgIpc) is 2.35. The summed E-state index contributed by atoms with van der Waals surface area (Å²) in [6, 6.07) is 0. The first-order valence-electron chi connectivity index (χ1n) is 6.49. The lowest BCUT2D eigenvalue weighted by Gasteiger charge is -2.21. The van der Waals surface area contributed by atoms with Crippen molar-refractivity contribution in [3.63, 3.8) is 0 Å². The van der Waals surface area contributed by atoms with Crippen molar-refractivity contribution >= 4 is 5.91 Å². The van der Waals surface area contributed by atoms with E-state index >= 15 is 0 Å². The molecule has 1 saturated heterocycles. The highest BCUT2D eigenvalue weighted by molar-refractivity contribution is 5.76. The van der Waals surface area contributed by atoms with Crippen molar-refractivity contribution in [2.24, 2.45) is 5.92 Å². The zero-order valence-electron chi connectivity index (χ0n) is 10.4. The van der Waals surface area contributed by atoms with Crippen molar-refractivity contribution in [2.75, 3.05) is 39.5 Å². The molecule has 100 valence electrons. The predicted molar refractivity (Wildman–Crippen MR) is 65.7 cm³/mol. The fourth-order valence-electron chi connectivity index (χ4n) is 1.99. The summed E-state index contributed by atoms with van der Waals surface area (Å²) in [6.45, 7) is 3.76. The molecule has 0 bridgehead atoms. The number of rotatable bonds is 8. The molecule has 1 fully saturated rings. The first-order valence-corrected chi connectivity index (χ1v) is 6.49. The number of hydrogen-bond acceptors (Lipinski definition) is 4. The van der Waals surface area contributed by atoms with Crippen LogP contribution in [0.3, 0.4) is 0 Å². The SMILES string of the molecule is O=C(CC1CCNCC1)NCCCOCCO. The van der Waals surface area contributed by atoms with Crippen molar-refractivity contribution < 1.29 is 14.6 Å². The summed E-state index contributed by atoms with van der Waals surface area (Å²) in [6.07, 6.45) is 3.66. The zero-order valence-corrected chi connectivity index (χ0v) is 10.4. The largest absolute Gasteiger partial charge is 0.394 e. The van der Waals surface area contributed by atoms with Gasteiger partial charge in [0, 0.05) is 19.6 Å². The minimum atomic E-state index is 0.0576. The first kappa shape index (κ1) is 14.4. The highest BCUT2D eigenvalue weighted by Gasteiger charge is 2.16. The smallest absolute Gasteiger partial charge is 0.220 e. The van der Waals surface area contributed by atoms with Crippen LogP contribution in [0.2, 0.25) is 0 Å². The highest BCUT2D eigenvalue weighted by Crippen LogP contribution is 2.15. The molecule has 0 radical (unpaired) electrons. The molecule has 5 nitrogen and oxygen atoms in total. The van der Waals surface area contributed by atoms with Gasteiger partial charge in [-0.25, -0.2) is 0 Å². The number of aliphatic hydroxyl groups is 1. The van der Waals surface area contributed by atoms with Crippen LogP contribution in [0.25, 0.3) is 0 Å². The minimum Gasteiger partial charge on any atom is -0.394 e. The molecule has 0 saturated carbocycles. The number of piperidine rings is 1. The molecule has 0 spiro atoms. The number of amides is 1. The second-order valence-corrected chi connectivity index (χ2v) is 4.44. The Balaban J connectivity index is 1.93. The molecule has 0 atom stereocenters. The van der Waals surface area contributed by atoms with Crippen LogP contribution in [0.15, 0.2) is 0 Å². The third-order valence-electron chi connectivity index (χ3n) is 2.96. The Labute approximate surface area is 103 Å². The van der Waals surface area contributed by atoms with E-state index in [2.05, 4.69) is 10.6 Å². The molecule has 0 aromatic heterocycles. The second kappa shape index (κ2) is 9.39. The molecule has 5 heteroatoms. The van der Waals surface area contributed by atoms with Crippen LogP contribution in [0.4, 0.5) is 0 Å². The molecule has 0 unspecified atom stereocenters. The van der Waals surface area contributed by atoms with E-state index in [9.17, 15) is 4.79 Å². The Hall–Kier alpha value is -0.650. The Kier molecular flexibility index (Phi) is 7.96. The normalized spacial score (nSPS) is 17.0. The van der Waals surface area contributed by atoms with Crippen molar-refractivity contribution in [3.05, 3.63) is 0 Å². The van der Waals surface area contributed by atoms with Gasteiger partial charge in [-0.2, -0.15) is 0 Å². The van der Waals surface area contributed by atoms with Gasteiger partial charge in [0.05, 0.1) is 13.2 Å². The van der Waals surface area contributed by atoms with E-state index in [1.54, 1.807) is 0 Å². The molecule has 1 aliphatic heterocycles. The molecule has 1 amide bonds. The maximum Gasteiger partial charge on any atom is 0.220 e.